The van der Waals surface area contributed by atoms with Gasteiger partial charge in [0.2, 0.25) is 0 Å². The first-order chi connectivity index (χ1) is 11.2. The Bertz CT molecular complexity index is 311. The number of likely N-dealkylation sites (N-methyl/N-ethyl adjacent to an activating group) is 1. The molecule has 0 bridgehead atoms. The highest BCUT2D eigenvalue weighted by Crippen LogP contribution is 2.06. The van der Waals surface area contributed by atoms with Crippen molar-refractivity contribution in [2.24, 2.45) is 10.9 Å². The SMILES string of the molecule is CCCCCNC(=NCC(C)CN1CCN(CC)CC1)NCC. The van der Waals surface area contributed by atoms with Crippen LogP contribution in [0, 0.1) is 5.92 Å². The summed E-state index contributed by atoms with van der Waals surface area (Å²) >= 11 is 0. The van der Waals surface area contributed by atoms with Crippen LogP contribution in [0.3, 0.4) is 0 Å². The van der Waals surface area contributed by atoms with Crippen LogP contribution in [0.15, 0.2) is 4.99 Å². The first-order valence-corrected chi connectivity index (χ1v) is 9.66. The van der Waals surface area contributed by atoms with Crippen molar-refractivity contribution >= 4 is 5.96 Å². The molecule has 0 aromatic heterocycles. The number of nitrogens with zero attached hydrogens (tertiary/aromatic N) is 3. The quantitative estimate of drug-likeness (QED) is 0.366. The van der Waals surface area contributed by atoms with E-state index in [1.807, 2.05) is 0 Å². The van der Waals surface area contributed by atoms with Crippen molar-refractivity contribution in [2.75, 3.05) is 58.9 Å². The van der Waals surface area contributed by atoms with Gasteiger partial charge in [-0.2, -0.15) is 0 Å². The number of nitrogens with one attached hydrogen (secondary N) is 2. The Morgan fingerprint density at radius 3 is 2.30 bits per heavy atom. The molecule has 0 aliphatic carbocycles. The van der Waals surface area contributed by atoms with Gasteiger partial charge in [-0.05, 0) is 25.8 Å². The Kier molecular flexibility index (Phi) is 11.1. The lowest BCUT2D eigenvalue weighted by Gasteiger charge is -2.35. The summed E-state index contributed by atoms with van der Waals surface area (Å²) in [6.07, 6.45) is 3.77. The normalized spacial score (nSPS) is 18.9. The zero-order chi connectivity index (χ0) is 16.9. The highest BCUT2D eigenvalue weighted by atomic mass is 15.3. The van der Waals surface area contributed by atoms with E-state index in [0.29, 0.717) is 5.92 Å². The van der Waals surface area contributed by atoms with Crippen molar-refractivity contribution in [3.8, 4) is 0 Å². The molecule has 0 spiro atoms. The van der Waals surface area contributed by atoms with Crippen molar-refractivity contribution in [2.45, 2.75) is 47.0 Å². The number of hydrogen-bond donors (Lipinski definition) is 2. The lowest BCUT2D eigenvalue weighted by Crippen LogP contribution is -2.47. The predicted molar refractivity (Wildman–Crippen MR) is 101 cm³/mol. The second-order valence-corrected chi connectivity index (χ2v) is 6.69. The maximum absolute atomic E-state index is 4.76. The minimum Gasteiger partial charge on any atom is -0.357 e. The van der Waals surface area contributed by atoms with Crippen LogP contribution >= 0.6 is 0 Å². The summed E-state index contributed by atoms with van der Waals surface area (Å²) in [5.41, 5.74) is 0. The van der Waals surface area contributed by atoms with Crippen LogP contribution in [0.1, 0.15) is 47.0 Å². The number of hydrogen-bond acceptors (Lipinski definition) is 3. The van der Waals surface area contributed by atoms with Crippen LogP contribution in [-0.4, -0.2) is 74.7 Å². The number of aliphatic imine (C=N–C) groups is 1. The molecule has 1 unspecified atom stereocenters. The fraction of sp³-hybridized carbons (Fsp3) is 0.944. The molecule has 1 fully saturated rings. The van der Waals surface area contributed by atoms with Crippen molar-refractivity contribution in [3.05, 3.63) is 0 Å². The summed E-state index contributed by atoms with van der Waals surface area (Å²) in [4.78, 5) is 9.89. The van der Waals surface area contributed by atoms with Gasteiger partial charge in [-0.15, -0.1) is 0 Å². The smallest absolute Gasteiger partial charge is 0.191 e. The summed E-state index contributed by atoms with van der Waals surface area (Å²) in [6.45, 7) is 19.0. The third-order valence-electron chi connectivity index (χ3n) is 4.46. The molecule has 1 atom stereocenters. The monoisotopic (exact) mass is 325 g/mol. The lowest BCUT2D eigenvalue weighted by atomic mass is 10.1. The van der Waals surface area contributed by atoms with E-state index in [4.69, 9.17) is 4.99 Å². The molecule has 1 heterocycles. The van der Waals surface area contributed by atoms with E-state index in [9.17, 15) is 0 Å². The molecule has 2 N–H and O–H groups in total. The van der Waals surface area contributed by atoms with E-state index in [-0.39, 0.29) is 0 Å². The number of unbranched alkanes of at least 4 members (excludes halogenated alkanes) is 2. The van der Waals surface area contributed by atoms with Crippen LogP contribution in [0.25, 0.3) is 0 Å². The molecule has 5 nitrogen and oxygen atoms in total. The molecule has 0 amide bonds. The van der Waals surface area contributed by atoms with Gasteiger partial charge >= 0.3 is 0 Å². The van der Waals surface area contributed by atoms with Gasteiger partial charge in [-0.3, -0.25) is 4.99 Å². The highest BCUT2D eigenvalue weighted by Gasteiger charge is 2.17. The fourth-order valence-electron chi connectivity index (χ4n) is 2.96. The van der Waals surface area contributed by atoms with E-state index < -0.39 is 0 Å². The standard InChI is InChI=1S/C18H39N5/c1-5-8-9-10-20-18(19-6-2)21-15-17(4)16-23-13-11-22(7-3)12-14-23/h17H,5-16H2,1-4H3,(H2,19,20,21). The summed E-state index contributed by atoms with van der Waals surface area (Å²) in [6, 6.07) is 0. The van der Waals surface area contributed by atoms with Gasteiger partial charge in [-0.25, -0.2) is 0 Å². The molecule has 1 rings (SSSR count). The fourth-order valence-corrected chi connectivity index (χ4v) is 2.96. The number of piperazine rings is 1. The Morgan fingerprint density at radius 1 is 1.00 bits per heavy atom. The van der Waals surface area contributed by atoms with Crippen LogP contribution < -0.4 is 10.6 Å². The van der Waals surface area contributed by atoms with Gasteiger partial charge < -0.3 is 20.4 Å². The van der Waals surface area contributed by atoms with Crippen LogP contribution in [0.2, 0.25) is 0 Å². The first kappa shape index (κ1) is 20.2. The van der Waals surface area contributed by atoms with Crippen LogP contribution in [0.4, 0.5) is 0 Å². The lowest BCUT2D eigenvalue weighted by molar-refractivity contribution is 0.125. The highest BCUT2D eigenvalue weighted by molar-refractivity contribution is 5.79. The van der Waals surface area contributed by atoms with E-state index in [1.54, 1.807) is 0 Å². The zero-order valence-electron chi connectivity index (χ0n) is 15.9. The molecular weight excluding hydrogens is 286 g/mol. The summed E-state index contributed by atoms with van der Waals surface area (Å²) in [5.74, 6) is 1.58. The zero-order valence-corrected chi connectivity index (χ0v) is 15.9. The molecular formula is C18H39N5. The van der Waals surface area contributed by atoms with Gasteiger partial charge in [0.15, 0.2) is 5.96 Å². The average Bonchev–Trinajstić information content (AvgIpc) is 2.57. The Hall–Kier alpha value is -0.810. The van der Waals surface area contributed by atoms with Gasteiger partial charge in [0.1, 0.15) is 0 Å². The maximum Gasteiger partial charge on any atom is 0.191 e. The second-order valence-electron chi connectivity index (χ2n) is 6.69. The molecule has 0 radical (unpaired) electrons. The van der Waals surface area contributed by atoms with Crippen molar-refractivity contribution < 1.29 is 0 Å². The molecule has 136 valence electrons. The number of guanidine groups is 1. The molecule has 23 heavy (non-hydrogen) atoms. The average molecular weight is 326 g/mol. The third-order valence-corrected chi connectivity index (χ3v) is 4.46. The Balaban J connectivity index is 2.27. The molecule has 1 aliphatic rings. The first-order valence-electron chi connectivity index (χ1n) is 9.66. The van der Waals surface area contributed by atoms with Gasteiger partial charge in [0.05, 0.1) is 0 Å². The molecule has 1 saturated heterocycles. The summed E-state index contributed by atoms with van der Waals surface area (Å²) in [7, 11) is 0. The Morgan fingerprint density at radius 2 is 1.70 bits per heavy atom. The molecule has 1 aliphatic heterocycles. The second kappa shape index (κ2) is 12.6. The molecule has 5 heteroatoms. The summed E-state index contributed by atoms with van der Waals surface area (Å²) in [5, 5.41) is 6.80. The molecule has 0 aromatic carbocycles. The maximum atomic E-state index is 4.76. The third kappa shape index (κ3) is 9.16. The van der Waals surface area contributed by atoms with Gasteiger partial charge in [0, 0.05) is 52.4 Å². The van der Waals surface area contributed by atoms with Crippen molar-refractivity contribution in [1.29, 1.82) is 0 Å². The van der Waals surface area contributed by atoms with E-state index in [0.717, 1.165) is 32.1 Å². The van der Waals surface area contributed by atoms with E-state index in [2.05, 4.69) is 48.1 Å². The predicted octanol–water partition coefficient (Wildman–Crippen LogP) is 2.01. The Labute approximate surface area is 143 Å². The van der Waals surface area contributed by atoms with E-state index in [1.165, 1.54) is 52.0 Å². The van der Waals surface area contributed by atoms with E-state index >= 15 is 0 Å². The molecule has 0 aromatic rings. The van der Waals surface area contributed by atoms with Crippen molar-refractivity contribution in [3.63, 3.8) is 0 Å². The van der Waals surface area contributed by atoms with Crippen LogP contribution in [0.5, 0.6) is 0 Å². The van der Waals surface area contributed by atoms with Gasteiger partial charge in [-0.1, -0.05) is 33.6 Å². The summed E-state index contributed by atoms with van der Waals surface area (Å²) < 4.78 is 0. The van der Waals surface area contributed by atoms with Crippen LogP contribution in [-0.2, 0) is 0 Å². The van der Waals surface area contributed by atoms with Crippen molar-refractivity contribution in [1.82, 2.24) is 20.4 Å². The molecule has 0 saturated carbocycles. The minimum atomic E-state index is 0.606. The topological polar surface area (TPSA) is 42.9 Å². The minimum absolute atomic E-state index is 0.606. The number of rotatable bonds is 10. The van der Waals surface area contributed by atoms with Gasteiger partial charge in [0.25, 0.3) is 0 Å². The largest absolute Gasteiger partial charge is 0.357 e.